The van der Waals surface area contributed by atoms with Gasteiger partial charge in [0.1, 0.15) is 5.60 Å². The van der Waals surface area contributed by atoms with Crippen LogP contribution in [0, 0.1) is 11.8 Å². The van der Waals surface area contributed by atoms with Crippen molar-refractivity contribution in [3.8, 4) is 0 Å². The van der Waals surface area contributed by atoms with E-state index in [9.17, 15) is 4.79 Å². The molecule has 0 aliphatic carbocycles. The molecule has 0 aliphatic heterocycles. The summed E-state index contributed by atoms with van der Waals surface area (Å²) in [5.74, 6) is 1.25. The fourth-order valence-electron chi connectivity index (χ4n) is 2.57. The molecule has 0 heterocycles. The molecule has 1 amide bonds. The van der Waals surface area contributed by atoms with Gasteiger partial charge in [0.05, 0.1) is 7.85 Å². The van der Waals surface area contributed by atoms with E-state index in [0.717, 1.165) is 25.7 Å². The number of hydrogen-bond donors (Lipinski definition) is 1. The number of ether oxygens (including phenoxy) is 1. The van der Waals surface area contributed by atoms with Crippen molar-refractivity contribution >= 4 is 13.9 Å². The molecule has 2 radical (unpaired) electrons. The Morgan fingerprint density at radius 1 is 1.25 bits per heavy atom. The Bertz CT molecular complexity index is 274. The van der Waals surface area contributed by atoms with Crippen molar-refractivity contribution in [3.63, 3.8) is 0 Å². The Hall–Kier alpha value is -0.665. The summed E-state index contributed by atoms with van der Waals surface area (Å²) in [5.41, 5.74) is -0.444. The highest BCUT2D eigenvalue weighted by Gasteiger charge is 2.22. The zero-order valence-electron chi connectivity index (χ0n) is 14.2. The highest BCUT2D eigenvalue weighted by Crippen LogP contribution is 2.28. The maximum absolute atomic E-state index is 11.7. The van der Waals surface area contributed by atoms with Crippen molar-refractivity contribution in [2.45, 2.75) is 78.6 Å². The second-order valence-electron chi connectivity index (χ2n) is 6.81. The Morgan fingerprint density at radius 2 is 1.85 bits per heavy atom. The van der Waals surface area contributed by atoms with Crippen LogP contribution in [-0.2, 0) is 4.74 Å². The first kappa shape index (κ1) is 19.3. The Labute approximate surface area is 126 Å². The summed E-state index contributed by atoms with van der Waals surface area (Å²) in [7, 11) is 5.94. The van der Waals surface area contributed by atoms with Gasteiger partial charge in [-0.25, -0.2) is 4.79 Å². The van der Waals surface area contributed by atoms with Crippen LogP contribution < -0.4 is 5.32 Å². The number of carbonyl (C=O) groups excluding carboxylic acids is 1. The summed E-state index contributed by atoms with van der Waals surface area (Å²) >= 11 is 0. The smallest absolute Gasteiger partial charge is 0.407 e. The van der Waals surface area contributed by atoms with Crippen molar-refractivity contribution in [2.24, 2.45) is 11.8 Å². The zero-order chi connectivity index (χ0) is 15.8. The van der Waals surface area contributed by atoms with Gasteiger partial charge in [0.25, 0.3) is 0 Å². The van der Waals surface area contributed by atoms with Crippen LogP contribution in [0.2, 0.25) is 5.82 Å². The molecule has 0 rings (SSSR count). The second kappa shape index (κ2) is 9.30. The van der Waals surface area contributed by atoms with Crippen molar-refractivity contribution in [1.82, 2.24) is 5.32 Å². The van der Waals surface area contributed by atoms with Crippen molar-refractivity contribution in [2.75, 3.05) is 6.54 Å². The molecule has 4 heteroatoms. The Morgan fingerprint density at radius 3 is 2.25 bits per heavy atom. The molecule has 0 saturated carbocycles. The minimum Gasteiger partial charge on any atom is -0.444 e. The predicted molar refractivity (Wildman–Crippen MR) is 86.2 cm³/mol. The van der Waals surface area contributed by atoms with Gasteiger partial charge in [-0.15, -0.1) is 0 Å². The molecule has 0 aromatic rings. The third kappa shape index (κ3) is 9.27. The normalized spacial score (nSPS) is 16.3. The van der Waals surface area contributed by atoms with Gasteiger partial charge >= 0.3 is 6.09 Å². The summed E-state index contributed by atoms with van der Waals surface area (Å²) in [6.07, 6.45) is 4.05. The topological polar surface area (TPSA) is 38.3 Å². The number of carbonyl (C=O) groups is 1. The van der Waals surface area contributed by atoms with Crippen molar-refractivity contribution in [3.05, 3.63) is 0 Å². The van der Waals surface area contributed by atoms with E-state index in [-0.39, 0.29) is 11.9 Å². The van der Waals surface area contributed by atoms with E-state index < -0.39 is 5.60 Å². The van der Waals surface area contributed by atoms with Crippen LogP contribution in [0.3, 0.4) is 0 Å². The lowest BCUT2D eigenvalue weighted by Gasteiger charge is -2.28. The molecule has 0 bridgehead atoms. The Kier molecular flexibility index (Phi) is 8.99. The molecule has 0 spiro atoms. The van der Waals surface area contributed by atoms with Gasteiger partial charge in [0.15, 0.2) is 0 Å². The largest absolute Gasteiger partial charge is 0.444 e. The highest BCUT2D eigenvalue weighted by molar-refractivity contribution is 6.11. The zero-order valence-corrected chi connectivity index (χ0v) is 14.2. The molecule has 0 aromatic carbocycles. The summed E-state index contributed by atoms with van der Waals surface area (Å²) in [5, 5.41) is 2.90. The molecule has 20 heavy (non-hydrogen) atoms. The fraction of sp³-hybridized carbons (Fsp3) is 0.938. The lowest BCUT2D eigenvalue weighted by Crippen LogP contribution is -2.37. The van der Waals surface area contributed by atoms with Crippen molar-refractivity contribution in [1.29, 1.82) is 0 Å². The van der Waals surface area contributed by atoms with Crippen LogP contribution in [-0.4, -0.2) is 26.1 Å². The molecule has 3 nitrogen and oxygen atoms in total. The molecule has 2 unspecified atom stereocenters. The number of amides is 1. The van der Waals surface area contributed by atoms with Gasteiger partial charge in [-0.05, 0) is 32.6 Å². The first-order chi connectivity index (χ1) is 9.19. The molecule has 0 saturated heterocycles. The van der Waals surface area contributed by atoms with Gasteiger partial charge in [-0.1, -0.05) is 52.3 Å². The van der Waals surface area contributed by atoms with E-state index in [4.69, 9.17) is 12.6 Å². The Balaban J connectivity index is 4.39. The van der Waals surface area contributed by atoms with Crippen molar-refractivity contribution < 1.29 is 9.53 Å². The van der Waals surface area contributed by atoms with E-state index in [1.165, 1.54) is 0 Å². The lowest BCUT2D eigenvalue weighted by molar-refractivity contribution is 0.0510. The van der Waals surface area contributed by atoms with Gasteiger partial charge in [0, 0.05) is 6.54 Å². The standard InChI is InChI=1S/C16H32BNO2/c1-7-9-14(10-12(3)17)13(8-2)11-18-15(19)20-16(4,5)6/h12-14H,7-11H2,1-6H3,(H,18,19)/t12-,13?,14?/m0/s1. The van der Waals surface area contributed by atoms with Crippen LogP contribution in [0.4, 0.5) is 4.79 Å². The maximum Gasteiger partial charge on any atom is 0.407 e. The van der Waals surface area contributed by atoms with Crippen LogP contribution in [0.5, 0.6) is 0 Å². The van der Waals surface area contributed by atoms with Crippen LogP contribution in [0.1, 0.15) is 67.2 Å². The second-order valence-corrected chi connectivity index (χ2v) is 6.81. The quantitative estimate of drug-likeness (QED) is 0.673. The van der Waals surface area contributed by atoms with E-state index in [0.29, 0.717) is 18.4 Å². The monoisotopic (exact) mass is 281 g/mol. The third-order valence-corrected chi connectivity index (χ3v) is 3.43. The van der Waals surface area contributed by atoms with E-state index in [2.05, 4.69) is 26.1 Å². The summed E-state index contributed by atoms with van der Waals surface area (Å²) in [4.78, 5) is 11.7. The van der Waals surface area contributed by atoms with Gasteiger partial charge in [-0.2, -0.15) is 0 Å². The predicted octanol–water partition coefficient (Wildman–Crippen LogP) is 4.32. The molecule has 3 atom stereocenters. The van der Waals surface area contributed by atoms with E-state index in [1.54, 1.807) is 0 Å². The maximum atomic E-state index is 11.7. The average Bonchev–Trinajstić information content (AvgIpc) is 2.26. The van der Waals surface area contributed by atoms with Gasteiger partial charge < -0.3 is 10.1 Å². The van der Waals surface area contributed by atoms with E-state index in [1.807, 2.05) is 20.8 Å². The molecular weight excluding hydrogens is 249 g/mol. The molecule has 1 N–H and O–H groups in total. The minimum atomic E-state index is -0.444. The summed E-state index contributed by atoms with van der Waals surface area (Å²) < 4.78 is 5.28. The number of hydrogen-bond acceptors (Lipinski definition) is 2. The van der Waals surface area contributed by atoms with Gasteiger partial charge in [-0.3, -0.25) is 0 Å². The SMILES string of the molecule is [B][C@@H](C)CC(CCC)C(CC)CNC(=O)OC(C)(C)C. The minimum absolute atomic E-state index is 0.210. The molecule has 0 aliphatic rings. The van der Waals surface area contributed by atoms with Crippen LogP contribution in [0.25, 0.3) is 0 Å². The molecule has 0 aromatic heterocycles. The third-order valence-electron chi connectivity index (χ3n) is 3.43. The fourth-order valence-corrected chi connectivity index (χ4v) is 2.57. The number of alkyl carbamates (subject to hydrolysis) is 1. The van der Waals surface area contributed by atoms with Gasteiger partial charge in [0.2, 0.25) is 0 Å². The number of nitrogens with one attached hydrogen (secondary N) is 1. The number of rotatable bonds is 8. The molecule has 0 fully saturated rings. The summed E-state index contributed by atoms with van der Waals surface area (Å²) in [6.45, 7) is 12.7. The first-order valence-corrected chi connectivity index (χ1v) is 7.92. The van der Waals surface area contributed by atoms with Crippen LogP contribution >= 0.6 is 0 Å². The molecular formula is C16H32BNO2. The summed E-state index contributed by atoms with van der Waals surface area (Å²) in [6, 6.07) is 0. The van der Waals surface area contributed by atoms with Crippen LogP contribution in [0.15, 0.2) is 0 Å². The lowest BCUT2D eigenvalue weighted by atomic mass is 9.74. The van der Waals surface area contributed by atoms with E-state index >= 15 is 0 Å². The highest BCUT2D eigenvalue weighted by atomic mass is 16.6. The molecule has 116 valence electrons. The average molecular weight is 281 g/mol. The first-order valence-electron chi connectivity index (χ1n) is 7.92.